The number of hydrogen-bond donors (Lipinski definition) is 1. The Bertz CT molecular complexity index is 1290. The van der Waals surface area contributed by atoms with Gasteiger partial charge in [-0.25, -0.2) is 4.98 Å². The molecule has 4 aromatic rings. The number of carbonyl (C=O) groups excluding carboxylic acids is 2. The Morgan fingerprint density at radius 2 is 1.91 bits per heavy atom. The number of hydrogen-bond acceptors (Lipinski definition) is 6. The summed E-state index contributed by atoms with van der Waals surface area (Å²) in [5, 5.41) is 6.86. The van der Waals surface area contributed by atoms with Crippen molar-refractivity contribution in [1.82, 2.24) is 29.7 Å². The fourth-order valence-corrected chi connectivity index (χ4v) is 4.11. The number of aromatic nitrogens is 4. The van der Waals surface area contributed by atoms with Crippen LogP contribution in [-0.4, -0.2) is 55.9 Å². The lowest BCUT2D eigenvalue weighted by molar-refractivity contribution is -0.131. The fourth-order valence-electron chi connectivity index (χ4n) is 4.11. The van der Waals surface area contributed by atoms with E-state index in [-0.39, 0.29) is 24.3 Å². The number of pyridine rings is 1. The topological polar surface area (TPSA) is 106 Å². The van der Waals surface area contributed by atoms with Crippen molar-refractivity contribution in [2.45, 2.75) is 25.7 Å². The van der Waals surface area contributed by atoms with Crippen LogP contribution in [-0.2, 0) is 4.79 Å². The van der Waals surface area contributed by atoms with Crippen LogP contribution in [0.1, 0.15) is 40.8 Å². The van der Waals surface area contributed by atoms with E-state index in [4.69, 9.17) is 4.52 Å². The highest BCUT2D eigenvalue weighted by atomic mass is 16.5. The summed E-state index contributed by atoms with van der Waals surface area (Å²) in [6.07, 6.45) is 5.25. The van der Waals surface area contributed by atoms with Crippen LogP contribution in [0.2, 0.25) is 0 Å². The van der Waals surface area contributed by atoms with E-state index in [0.29, 0.717) is 30.4 Å². The normalized spacial score (nSPS) is 14.5. The lowest BCUT2D eigenvalue weighted by Gasteiger charge is -2.30. The Morgan fingerprint density at radius 3 is 2.70 bits per heavy atom. The smallest absolute Gasteiger partial charge is 0.251 e. The zero-order valence-corrected chi connectivity index (χ0v) is 18.3. The Labute approximate surface area is 190 Å². The third-order valence-electron chi connectivity index (χ3n) is 6.05. The lowest BCUT2D eigenvalue weighted by atomic mass is 9.96. The summed E-state index contributed by atoms with van der Waals surface area (Å²) in [4.78, 5) is 35.4. The van der Waals surface area contributed by atoms with Gasteiger partial charge in [-0.1, -0.05) is 23.4 Å². The van der Waals surface area contributed by atoms with Gasteiger partial charge in [-0.2, -0.15) is 4.98 Å². The van der Waals surface area contributed by atoms with Crippen molar-refractivity contribution in [3.63, 3.8) is 0 Å². The zero-order valence-electron chi connectivity index (χ0n) is 18.3. The highest BCUT2D eigenvalue weighted by molar-refractivity contribution is 5.96. The molecule has 1 N–H and O–H groups in total. The van der Waals surface area contributed by atoms with Crippen molar-refractivity contribution < 1.29 is 14.1 Å². The number of rotatable bonds is 5. The van der Waals surface area contributed by atoms with Crippen LogP contribution in [0.4, 0.5) is 0 Å². The second-order valence-corrected chi connectivity index (χ2v) is 8.18. The maximum atomic E-state index is 12.5. The van der Waals surface area contributed by atoms with Gasteiger partial charge in [0.1, 0.15) is 5.82 Å². The lowest BCUT2D eigenvalue weighted by Crippen LogP contribution is -2.43. The largest absolute Gasteiger partial charge is 0.343 e. The molecule has 168 valence electrons. The third-order valence-corrected chi connectivity index (χ3v) is 6.05. The minimum absolute atomic E-state index is 0.0146. The average molecular weight is 444 g/mol. The number of nitrogens with zero attached hydrogens (tertiary/aromatic N) is 5. The van der Waals surface area contributed by atoms with Crippen LogP contribution in [0, 0.1) is 6.92 Å². The Morgan fingerprint density at radius 1 is 1.12 bits per heavy atom. The molecule has 0 radical (unpaired) electrons. The molecule has 0 unspecified atom stereocenters. The summed E-state index contributed by atoms with van der Waals surface area (Å²) in [7, 11) is 0. The number of imidazole rings is 1. The summed E-state index contributed by atoms with van der Waals surface area (Å²) in [6, 6.07) is 12.8. The maximum absolute atomic E-state index is 12.5. The first-order valence-electron chi connectivity index (χ1n) is 11.0. The summed E-state index contributed by atoms with van der Waals surface area (Å²) in [5.74, 6) is 1.80. The molecule has 0 atom stereocenters. The molecule has 0 aliphatic carbocycles. The minimum Gasteiger partial charge on any atom is -0.343 e. The van der Waals surface area contributed by atoms with Gasteiger partial charge in [-0.15, -0.1) is 0 Å². The van der Waals surface area contributed by atoms with Crippen molar-refractivity contribution in [2.75, 3.05) is 19.6 Å². The molecule has 2 amide bonds. The Hall–Kier alpha value is -4.01. The predicted octanol–water partition coefficient (Wildman–Crippen LogP) is 2.83. The first kappa shape index (κ1) is 20.9. The van der Waals surface area contributed by atoms with Crippen LogP contribution < -0.4 is 5.32 Å². The van der Waals surface area contributed by atoms with Crippen LogP contribution in [0.3, 0.4) is 0 Å². The van der Waals surface area contributed by atoms with Gasteiger partial charge in [0.2, 0.25) is 17.6 Å². The number of aryl methyl sites for hydroxylation is 1. The predicted molar refractivity (Wildman–Crippen MR) is 121 cm³/mol. The zero-order chi connectivity index (χ0) is 22.8. The number of carbonyl (C=O) groups is 2. The van der Waals surface area contributed by atoms with E-state index in [1.165, 1.54) is 0 Å². The molecule has 33 heavy (non-hydrogen) atoms. The molecule has 1 fully saturated rings. The maximum Gasteiger partial charge on any atom is 0.251 e. The molecule has 0 spiro atoms. The number of amides is 2. The Balaban J connectivity index is 1.16. The van der Waals surface area contributed by atoms with Crippen molar-refractivity contribution in [3.05, 3.63) is 72.1 Å². The number of fused-ring (bicyclic) bond motifs is 1. The van der Waals surface area contributed by atoms with Crippen molar-refractivity contribution in [3.8, 4) is 11.4 Å². The molecule has 9 nitrogen and oxygen atoms in total. The fraction of sp³-hybridized carbons (Fsp3) is 0.292. The van der Waals surface area contributed by atoms with E-state index in [2.05, 4.69) is 20.4 Å². The number of likely N-dealkylation sites (tertiary alicyclic amines) is 1. The second-order valence-electron chi connectivity index (χ2n) is 8.18. The number of nitrogens with one attached hydrogen (secondary N) is 1. The summed E-state index contributed by atoms with van der Waals surface area (Å²) >= 11 is 0. The third kappa shape index (κ3) is 4.34. The van der Waals surface area contributed by atoms with Crippen molar-refractivity contribution >= 4 is 17.3 Å². The molecule has 0 bridgehead atoms. The first-order valence-corrected chi connectivity index (χ1v) is 11.0. The SMILES string of the molecule is Cc1ncc2ccc(-c3noc(C4CCN(C(=O)CNC(=O)c5ccccc5)CC4)n3)cn12. The molecular weight excluding hydrogens is 420 g/mol. The van der Waals surface area contributed by atoms with Gasteiger partial charge in [0.05, 0.1) is 18.3 Å². The average Bonchev–Trinajstić information content (AvgIpc) is 3.50. The van der Waals surface area contributed by atoms with Gasteiger partial charge in [-0.3, -0.25) is 9.59 Å². The van der Waals surface area contributed by atoms with E-state index in [1.807, 2.05) is 41.9 Å². The standard InChI is InChI=1S/C24H24N6O3/c1-16-25-13-20-8-7-19(15-30(16)20)22-27-24(33-28-22)18-9-11-29(12-10-18)21(31)14-26-23(32)17-5-3-2-4-6-17/h2-8,13,15,18H,9-12,14H2,1H3,(H,26,32). The quantitative estimate of drug-likeness (QED) is 0.507. The highest BCUT2D eigenvalue weighted by Gasteiger charge is 2.28. The van der Waals surface area contributed by atoms with Crippen molar-refractivity contribution in [2.24, 2.45) is 0 Å². The van der Waals surface area contributed by atoms with E-state index in [9.17, 15) is 9.59 Å². The summed E-state index contributed by atoms with van der Waals surface area (Å²) < 4.78 is 7.55. The van der Waals surface area contributed by atoms with E-state index in [1.54, 1.807) is 29.2 Å². The van der Waals surface area contributed by atoms with Gasteiger partial charge in [-0.05, 0) is 44.0 Å². The van der Waals surface area contributed by atoms with Crippen LogP contribution in [0.25, 0.3) is 16.9 Å². The molecule has 1 aromatic carbocycles. The molecule has 0 saturated carbocycles. The molecule has 1 saturated heterocycles. The van der Waals surface area contributed by atoms with Crippen molar-refractivity contribution in [1.29, 1.82) is 0 Å². The van der Waals surface area contributed by atoms with Crippen LogP contribution in [0.15, 0.2) is 59.4 Å². The highest BCUT2D eigenvalue weighted by Crippen LogP contribution is 2.28. The van der Waals surface area contributed by atoms with Crippen LogP contribution in [0.5, 0.6) is 0 Å². The number of piperidine rings is 1. The second kappa shape index (κ2) is 8.85. The summed E-state index contributed by atoms with van der Waals surface area (Å²) in [6.45, 7) is 3.10. The first-order chi connectivity index (χ1) is 16.1. The van der Waals surface area contributed by atoms with Gasteiger partial charge in [0.15, 0.2) is 0 Å². The van der Waals surface area contributed by atoms with Crippen LogP contribution >= 0.6 is 0 Å². The van der Waals surface area contributed by atoms with E-state index in [0.717, 1.165) is 29.7 Å². The molecule has 4 heterocycles. The van der Waals surface area contributed by atoms with E-state index >= 15 is 0 Å². The molecular formula is C24H24N6O3. The molecule has 1 aliphatic heterocycles. The molecule has 3 aromatic heterocycles. The van der Waals surface area contributed by atoms with Gasteiger partial charge < -0.3 is 19.1 Å². The monoisotopic (exact) mass is 444 g/mol. The van der Waals surface area contributed by atoms with Gasteiger partial charge >= 0.3 is 0 Å². The molecule has 1 aliphatic rings. The minimum atomic E-state index is -0.249. The molecule has 9 heteroatoms. The Kier molecular flexibility index (Phi) is 5.60. The van der Waals surface area contributed by atoms with Gasteiger partial charge in [0, 0.05) is 36.3 Å². The number of benzene rings is 1. The van der Waals surface area contributed by atoms with E-state index < -0.39 is 0 Å². The summed E-state index contributed by atoms with van der Waals surface area (Å²) in [5.41, 5.74) is 2.41. The molecule has 5 rings (SSSR count). The van der Waals surface area contributed by atoms with Gasteiger partial charge in [0.25, 0.3) is 5.91 Å².